The SMILES string of the molecule is CN(CC(=O)N1CC[N+](C)(C)CC1)CC(=O)N1CC[N+](C)(C)CC1. The molecule has 0 N–H and O–H groups in total. The van der Waals surface area contributed by atoms with Gasteiger partial charge in [0, 0.05) is 0 Å². The average Bonchev–Trinajstić information content (AvgIpc) is 2.46. The van der Waals surface area contributed by atoms with Crippen molar-refractivity contribution in [3.63, 3.8) is 0 Å². The Hall–Kier alpha value is -1.18. The summed E-state index contributed by atoms with van der Waals surface area (Å²) in [7, 11) is 10.7. The molecule has 138 valence electrons. The van der Waals surface area contributed by atoms with Crippen LogP contribution in [0.25, 0.3) is 0 Å². The lowest BCUT2D eigenvalue weighted by molar-refractivity contribution is -0.894. The zero-order chi connectivity index (χ0) is 18.0. The van der Waals surface area contributed by atoms with Crippen LogP contribution in [0.5, 0.6) is 0 Å². The number of piperazine rings is 2. The molecule has 0 aromatic rings. The first-order valence-corrected chi connectivity index (χ1v) is 8.96. The summed E-state index contributed by atoms with van der Waals surface area (Å²) in [6.07, 6.45) is 0. The molecule has 2 fully saturated rings. The lowest BCUT2D eigenvalue weighted by Crippen LogP contribution is -2.58. The average molecular weight is 342 g/mol. The zero-order valence-corrected chi connectivity index (χ0v) is 16.1. The number of amides is 2. The van der Waals surface area contributed by atoms with Gasteiger partial charge in [0.1, 0.15) is 0 Å². The minimum Gasteiger partial charge on any atom is -0.330 e. The van der Waals surface area contributed by atoms with Gasteiger partial charge in [-0.25, -0.2) is 0 Å². The molecule has 0 radical (unpaired) electrons. The molecule has 2 heterocycles. The van der Waals surface area contributed by atoms with E-state index in [1.54, 1.807) is 0 Å². The third-order valence-corrected chi connectivity index (χ3v) is 5.42. The second kappa shape index (κ2) is 7.37. The molecular formula is C17H35N5O2+2. The smallest absolute Gasteiger partial charge is 0.237 e. The number of likely N-dealkylation sites (N-methyl/N-ethyl adjacent to an activating group) is 3. The van der Waals surface area contributed by atoms with E-state index >= 15 is 0 Å². The van der Waals surface area contributed by atoms with Crippen molar-refractivity contribution in [2.45, 2.75) is 0 Å². The molecule has 24 heavy (non-hydrogen) atoms. The van der Waals surface area contributed by atoms with Crippen molar-refractivity contribution >= 4 is 11.8 Å². The summed E-state index contributed by atoms with van der Waals surface area (Å²) in [6, 6.07) is 0. The standard InChI is InChI=1S/C17H35N5O2/c1-18(14-16(23)19-6-10-21(2,3)11-7-19)15-17(24)20-8-12-22(4,5)13-9-20/h6-15H2,1-5H3/q+2. The van der Waals surface area contributed by atoms with Crippen LogP contribution < -0.4 is 0 Å². The van der Waals surface area contributed by atoms with Gasteiger partial charge in [-0.1, -0.05) is 0 Å². The van der Waals surface area contributed by atoms with Crippen molar-refractivity contribution in [3.8, 4) is 0 Å². The number of carbonyl (C=O) groups excluding carboxylic acids is 2. The van der Waals surface area contributed by atoms with E-state index in [0.29, 0.717) is 13.1 Å². The summed E-state index contributed by atoms with van der Waals surface area (Å²) in [5.74, 6) is 0.280. The van der Waals surface area contributed by atoms with E-state index < -0.39 is 0 Å². The van der Waals surface area contributed by atoms with E-state index in [-0.39, 0.29) is 11.8 Å². The van der Waals surface area contributed by atoms with Crippen LogP contribution in [-0.2, 0) is 9.59 Å². The fourth-order valence-corrected chi connectivity index (χ4v) is 3.23. The molecule has 2 aliphatic rings. The Bertz CT molecular complexity index is 416. The normalized spacial score (nSPS) is 23.4. The van der Waals surface area contributed by atoms with Gasteiger partial charge in [0.05, 0.1) is 93.6 Å². The summed E-state index contributed by atoms with van der Waals surface area (Å²) in [5, 5.41) is 0. The van der Waals surface area contributed by atoms with Crippen molar-refractivity contribution in [1.82, 2.24) is 14.7 Å². The van der Waals surface area contributed by atoms with E-state index in [1.165, 1.54) is 0 Å². The summed E-state index contributed by atoms with van der Waals surface area (Å²) in [6.45, 7) is 7.89. The summed E-state index contributed by atoms with van der Waals surface area (Å²) < 4.78 is 1.95. The molecule has 7 nitrogen and oxygen atoms in total. The lowest BCUT2D eigenvalue weighted by Gasteiger charge is -2.40. The molecule has 0 saturated carbocycles. The first-order chi connectivity index (χ1) is 11.1. The highest BCUT2D eigenvalue weighted by Crippen LogP contribution is 2.09. The van der Waals surface area contributed by atoms with E-state index in [2.05, 4.69) is 28.2 Å². The van der Waals surface area contributed by atoms with Crippen molar-refractivity contribution in [1.29, 1.82) is 0 Å². The van der Waals surface area contributed by atoms with Gasteiger partial charge in [0.2, 0.25) is 11.8 Å². The molecule has 0 aromatic heterocycles. The highest BCUT2D eigenvalue weighted by Gasteiger charge is 2.30. The van der Waals surface area contributed by atoms with Crippen molar-refractivity contribution in [2.75, 3.05) is 101 Å². The van der Waals surface area contributed by atoms with Crippen LogP contribution >= 0.6 is 0 Å². The second-order valence-electron chi connectivity index (χ2n) is 8.70. The summed E-state index contributed by atoms with van der Waals surface area (Å²) in [5.41, 5.74) is 0. The quantitative estimate of drug-likeness (QED) is 0.601. The van der Waals surface area contributed by atoms with Crippen LogP contribution in [0.2, 0.25) is 0 Å². The Morgan fingerprint density at radius 2 is 1.04 bits per heavy atom. The second-order valence-corrected chi connectivity index (χ2v) is 8.70. The van der Waals surface area contributed by atoms with Gasteiger partial charge < -0.3 is 18.8 Å². The monoisotopic (exact) mass is 341 g/mol. The maximum atomic E-state index is 12.4. The van der Waals surface area contributed by atoms with Crippen molar-refractivity contribution in [2.24, 2.45) is 0 Å². The van der Waals surface area contributed by atoms with Gasteiger partial charge in [-0.2, -0.15) is 0 Å². The lowest BCUT2D eigenvalue weighted by atomic mass is 10.2. The van der Waals surface area contributed by atoms with Gasteiger partial charge in [0.15, 0.2) is 0 Å². The molecule has 7 heteroatoms. The maximum absolute atomic E-state index is 12.4. The van der Waals surface area contributed by atoms with Crippen LogP contribution in [0.1, 0.15) is 0 Å². The molecule has 0 aliphatic carbocycles. The van der Waals surface area contributed by atoms with Crippen LogP contribution in [0.15, 0.2) is 0 Å². The number of carbonyl (C=O) groups is 2. The molecule has 2 amide bonds. The number of quaternary nitrogens is 2. The van der Waals surface area contributed by atoms with Crippen molar-refractivity contribution in [3.05, 3.63) is 0 Å². The van der Waals surface area contributed by atoms with Crippen LogP contribution in [0.4, 0.5) is 0 Å². The van der Waals surface area contributed by atoms with Gasteiger partial charge in [-0.15, -0.1) is 0 Å². The van der Waals surface area contributed by atoms with Crippen LogP contribution in [0, 0.1) is 0 Å². The van der Waals surface area contributed by atoms with E-state index in [9.17, 15) is 9.59 Å². The minimum absolute atomic E-state index is 0.140. The molecule has 0 unspecified atom stereocenters. The number of nitrogens with zero attached hydrogens (tertiary/aromatic N) is 5. The Kier molecular flexibility index (Phi) is 5.88. The number of hydrogen-bond donors (Lipinski definition) is 0. The first kappa shape index (κ1) is 19.1. The van der Waals surface area contributed by atoms with E-state index in [4.69, 9.17) is 0 Å². The highest BCUT2D eigenvalue weighted by atomic mass is 16.2. The Morgan fingerprint density at radius 3 is 1.33 bits per heavy atom. The molecule has 2 rings (SSSR count). The molecule has 0 spiro atoms. The van der Waals surface area contributed by atoms with Gasteiger partial charge in [0.25, 0.3) is 0 Å². The highest BCUT2D eigenvalue weighted by molar-refractivity contribution is 5.81. The number of rotatable bonds is 4. The third kappa shape index (κ3) is 5.43. The molecule has 2 saturated heterocycles. The predicted octanol–water partition coefficient (Wildman–Crippen LogP) is -1.24. The molecule has 0 bridgehead atoms. The summed E-state index contributed by atoms with van der Waals surface area (Å²) >= 11 is 0. The molecule has 0 atom stereocenters. The van der Waals surface area contributed by atoms with Crippen molar-refractivity contribution < 1.29 is 18.6 Å². The minimum atomic E-state index is 0.140. The van der Waals surface area contributed by atoms with Gasteiger partial charge >= 0.3 is 0 Å². The Balaban J connectivity index is 1.73. The molecular weight excluding hydrogens is 306 g/mol. The molecule has 2 aliphatic heterocycles. The predicted molar refractivity (Wildman–Crippen MR) is 94.3 cm³/mol. The topological polar surface area (TPSA) is 43.9 Å². The molecule has 0 aromatic carbocycles. The first-order valence-electron chi connectivity index (χ1n) is 8.96. The number of hydrogen-bond acceptors (Lipinski definition) is 3. The Labute approximate surface area is 146 Å². The van der Waals surface area contributed by atoms with Crippen LogP contribution in [-0.4, -0.2) is 136 Å². The third-order valence-electron chi connectivity index (χ3n) is 5.42. The van der Waals surface area contributed by atoms with E-state index in [1.807, 2.05) is 21.7 Å². The van der Waals surface area contributed by atoms with Gasteiger partial charge in [-0.3, -0.25) is 14.5 Å². The largest absolute Gasteiger partial charge is 0.330 e. The fraction of sp³-hybridized carbons (Fsp3) is 0.882. The summed E-state index contributed by atoms with van der Waals surface area (Å²) in [4.78, 5) is 30.6. The van der Waals surface area contributed by atoms with Gasteiger partial charge in [-0.05, 0) is 7.05 Å². The fourth-order valence-electron chi connectivity index (χ4n) is 3.23. The van der Waals surface area contributed by atoms with E-state index in [0.717, 1.165) is 61.3 Å². The Morgan fingerprint density at radius 1 is 0.750 bits per heavy atom. The maximum Gasteiger partial charge on any atom is 0.237 e. The zero-order valence-electron chi connectivity index (χ0n) is 16.1. The van der Waals surface area contributed by atoms with Crippen LogP contribution in [0.3, 0.4) is 0 Å².